The van der Waals surface area contributed by atoms with Gasteiger partial charge < -0.3 is 27.9 Å². The maximum atomic E-state index is 12.8. The Hall–Kier alpha value is -3.33. The molecule has 0 aromatic rings. The highest BCUT2D eigenvalue weighted by Crippen LogP contribution is 2.38. The Bertz CT molecular complexity index is 1730. The Morgan fingerprint density at radius 1 is 0.395 bits per heavy atom. The molecule has 0 radical (unpaired) electrons. The largest absolute Gasteiger partial charge is 0.756 e. The van der Waals surface area contributed by atoms with Crippen LogP contribution in [0.3, 0.4) is 0 Å². The smallest absolute Gasteiger partial charge is 0.306 e. The van der Waals surface area contributed by atoms with Gasteiger partial charge in [0.2, 0.25) is 0 Å². The first-order valence-electron chi connectivity index (χ1n) is 33.1. The molecule has 466 valence electrons. The number of nitrogens with zero attached hydrogens (tertiary/aromatic N) is 1. The Balaban J connectivity index is 4.15. The van der Waals surface area contributed by atoms with Gasteiger partial charge in [-0.15, -0.1) is 0 Å². The van der Waals surface area contributed by atoms with Gasteiger partial charge in [-0.3, -0.25) is 14.2 Å². The summed E-state index contributed by atoms with van der Waals surface area (Å²) in [6, 6.07) is 0. The van der Waals surface area contributed by atoms with Crippen molar-refractivity contribution in [3.63, 3.8) is 0 Å². The summed E-state index contributed by atoms with van der Waals surface area (Å²) in [7, 11) is 1.15. The molecule has 0 bridgehead atoms. The fourth-order valence-corrected chi connectivity index (χ4v) is 9.73. The fourth-order valence-electron chi connectivity index (χ4n) is 9.00. The van der Waals surface area contributed by atoms with E-state index < -0.39 is 26.5 Å². The summed E-state index contributed by atoms with van der Waals surface area (Å²) in [5, 5.41) is 0. The Labute approximate surface area is 499 Å². The molecule has 0 spiro atoms. The third-order valence-electron chi connectivity index (χ3n) is 14.1. The second-order valence-corrected chi connectivity index (χ2v) is 24.5. The lowest BCUT2D eigenvalue weighted by molar-refractivity contribution is -0.870. The van der Waals surface area contributed by atoms with E-state index in [9.17, 15) is 19.0 Å². The van der Waals surface area contributed by atoms with Gasteiger partial charge in [0, 0.05) is 12.8 Å². The highest BCUT2D eigenvalue weighted by atomic mass is 31.2. The molecule has 2 atom stereocenters. The van der Waals surface area contributed by atoms with Crippen molar-refractivity contribution in [3.8, 4) is 0 Å². The lowest BCUT2D eigenvalue weighted by Crippen LogP contribution is -2.37. The maximum absolute atomic E-state index is 12.8. The molecule has 0 rings (SSSR count). The van der Waals surface area contributed by atoms with Gasteiger partial charge in [0.05, 0.1) is 27.7 Å². The summed E-state index contributed by atoms with van der Waals surface area (Å²) in [5.41, 5.74) is 0. The number of hydrogen-bond acceptors (Lipinski definition) is 8. The van der Waals surface area contributed by atoms with Crippen molar-refractivity contribution in [3.05, 3.63) is 109 Å². The third-order valence-corrected chi connectivity index (χ3v) is 15.0. The topological polar surface area (TPSA) is 111 Å². The number of carbonyl (C=O) groups is 2. The van der Waals surface area contributed by atoms with E-state index in [2.05, 4.69) is 123 Å². The fraction of sp³-hybridized carbons (Fsp3) is 0.718. The van der Waals surface area contributed by atoms with Crippen molar-refractivity contribution in [2.24, 2.45) is 0 Å². The quantitative estimate of drug-likeness (QED) is 0.0195. The number of rotatable bonds is 60. The van der Waals surface area contributed by atoms with Gasteiger partial charge in [-0.05, 0) is 83.5 Å². The van der Waals surface area contributed by atoms with Crippen molar-refractivity contribution < 1.29 is 42.1 Å². The molecule has 81 heavy (non-hydrogen) atoms. The van der Waals surface area contributed by atoms with Crippen LogP contribution < -0.4 is 4.89 Å². The molecule has 9 nitrogen and oxygen atoms in total. The highest BCUT2D eigenvalue weighted by molar-refractivity contribution is 7.45. The minimum atomic E-state index is -4.65. The van der Waals surface area contributed by atoms with Gasteiger partial charge in [-0.1, -0.05) is 290 Å². The molecule has 0 aromatic heterocycles. The number of hydrogen-bond donors (Lipinski definition) is 0. The SMILES string of the molecule is CC/C=C\C/C=C\C/C=C\C/C=C\C/C=C\C/C=C\C/C=C\C/C=C\C/C=C\CCCCCCCCCC(=O)OC(COC(=O)CCCCCCCCCCCCCCCCCCCCCCCC)COP(=O)([O-])OCC[N+](C)(C)C. The first-order valence-corrected chi connectivity index (χ1v) is 34.6. The van der Waals surface area contributed by atoms with Gasteiger partial charge in [-0.2, -0.15) is 0 Å². The van der Waals surface area contributed by atoms with E-state index in [1.54, 1.807) is 0 Å². The molecule has 0 amide bonds. The summed E-state index contributed by atoms with van der Waals surface area (Å²) in [6.07, 6.45) is 85.8. The molecular formula is C71H124NO8P. The molecule has 0 N–H and O–H groups in total. The van der Waals surface area contributed by atoms with Crippen LogP contribution in [0.2, 0.25) is 0 Å². The van der Waals surface area contributed by atoms with E-state index in [0.717, 1.165) is 103 Å². The van der Waals surface area contributed by atoms with E-state index in [1.165, 1.54) is 141 Å². The predicted octanol–water partition coefficient (Wildman–Crippen LogP) is 20.7. The first kappa shape index (κ1) is 77.7. The zero-order valence-corrected chi connectivity index (χ0v) is 53.8. The van der Waals surface area contributed by atoms with Crippen molar-refractivity contribution in [1.82, 2.24) is 0 Å². The molecule has 0 aliphatic rings. The molecular weight excluding hydrogens is 1030 g/mol. The molecule has 0 heterocycles. The van der Waals surface area contributed by atoms with E-state index in [0.29, 0.717) is 17.4 Å². The molecule has 0 aromatic carbocycles. The number of phosphoric acid groups is 1. The molecule has 0 aliphatic heterocycles. The second-order valence-electron chi connectivity index (χ2n) is 23.1. The van der Waals surface area contributed by atoms with Crippen molar-refractivity contribution >= 4 is 19.8 Å². The van der Waals surface area contributed by atoms with Crippen LogP contribution in [0.5, 0.6) is 0 Å². The monoisotopic (exact) mass is 1150 g/mol. The van der Waals surface area contributed by atoms with Crippen LogP contribution in [0.4, 0.5) is 0 Å². The van der Waals surface area contributed by atoms with Crippen LogP contribution in [0.25, 0.3) is 0 Å². The maximum Gasteiger partial charge on any atom is 0.306 e. The summed E-state index contributed by atoms with van der Waals surface area (Å²) in [6.45, 7) is 4.14. The van der Waals surface area contributed by atoms with Gasteiger partial charge in [0.25, 0.3) is 7.82 Å². The molecule has 0 fully saturated rings. The van der Waals surface area contributed by atoms with Gasteiger partial charge >= 0.3 is 11.9 Å². The lowest BCUT2D eigenvalue weighted by atomic mass is 10.0. The van der Waals surface area contributed by atoms with E-state index in [-0.39, 0.29) is 32.0 Å². The minimum Gasteiger partial charge on any atom is -0.756 e. The Morgan fingerprint density at radius 3 is 1.05 bits per heavy atom. The number of quaternary nitrogens is 1. The van der Waals surface area contributed by atoms with E-state index >= 15 is 0 Å². The number of likely N-dealkylation sites (N-methyl/N-ethyl adjacent to an activating group) is 1. The summed E-state index contributed by atoms with van der Waals surface area (Å²) in [5.74, 6) is -0.842. The van der Waals surface area contributed by atoms with Crippen LogP contribution in [0.15, 0.2) is 109 Å². The third kappa shape index (κ3) is 65.7. The van der Waals surface area contributed by atoms with E-state index in [4.69, 9.17) is 18.5 Å². The molecule has 0 aliphatic carbocycles. The summed E-state index contributed by atoms with van der Waals surface area (Å²) >= 11 is 0. The van der Waals surface area contributed by atoms with Crippen LogP contribution in [-0.4, -0.2) is 70.0 Å². The first-order chi connectivity index (χ1) is 39.5. The predicted molar refractivity (Wildman–Crippen MR) is 346 cm³/mol. The van der Waals surface area contributed by atoms with Crippen molar-refractivity contribution in [2.45, 2.75) is 283 Å². The molecule has 0 saturated carbocycles. The zero-order valence-electron chi connectivity index (χ0n) is 52.9. The summed E-state index contributed by atoms with van der Waals surface area (Å²) in [4.78, 5) is 38.0. The van der Waals surface area contributed by atoms with Crippen LogP contribution in [0, 0.1) is 0 Å². The van der Waals surface area contributed by atoms with Gasteiger partial charge in [0.1, 0.15) is 19.8 Å². The van der Waals surface area contributed by atoms with Crippen LogP contribution >= 0.6 is 7.82 Å². The highest BCUT2D eigenvalue weighted by Gasteiger charge is 2.22. The standard InChI is InChI=1S/C71H124NO8P/c1-6-8-10-12-14-16-18-20-22-24-26-28-30-31-32-33-34-35-36-37-38-39-40-41-42-44-46-48-50-52-54-56-58-60-62-64-71(74)80-69(68-79-81(75,76)78-66-65-72(3,4)5)67-77-70(73)63-61-59-57-55-53-51-49-47-45-43-29-27-25-23-21-19-17-15-13-11-9-7-2/h8,10,14,16,20,22,26,28,31-32,34-35,37-38,40-41,44,46,69H,6-7,9,11-13,15,17-19,21,23-25,27,29-30,33,36,39,42-43,45,47-68H2,1-5H3/b10-8-,16-14-,22-20-,28-26-,32-31-,35-34-,38-37-,41-40-,46-44-. The number of carbonyl (C=O) groups excluding carboxylic acids is 2. The average Bonchev–Trinajstić information content (AvgIpc) is 3.43. The van der Waals surface area contributed by atoms with Crippen molar-refractivity contribution in [1.29, 1.82) is 0 Å². The molecule has 2 unspecified atom stereocenters. The van der Waals surface area contributed by atoms with Gasteiger partial charge in [-0.25, -0.2) is 0 Å². The molecule has 0 saturated heterocycles. The normalized spacial score (nSPS) is 13.9. The van der Waals surface area contributed by atoms with E-state index in [1.807, 2.05) is 21.1 Å². The average molecular weight is 1150 g/mol. The minimum absolute atomic E-state index is 0.0368. The lowest BCUT2D eigenvalue weighted by Gasteiger charge is -2.28. The molecule has 10 heteroatoms. The van der Waals surface area contributed by atoms with Crippen LogP contribution in [0.1, 0.15) is 277 Å². The number of allylic oxidation sites excluding steroid dienone is 18. The Kier molecular flexibility index (Phi) is 58.7. The zero-order chi connectivity index (χ0) is 59.1. The number of unbranched alkanes of at least 4 members (excludes halogenated alkanes) is 28. The number of esters is 2. The van der Waals surface area contributed by atoms with Crippen molar-refractivity contribution in [2.75, 3.05) is 47.5 Å². The second kappa shape index (κ2) is 61.2. The Morgan fingerprint density at radius 2 is 0.704 bits per heavy atom. The number of phosphoric ester groups is 1. The van der Waals surface area contributed by atoms with Gasteiger partial charge in [0.15, 0.2) is 6.10 Å². The summed E-state index contributed by atoms with van der Waals surface area (Å²) < 4.78 is 34.2. The number of ether oxygens (including phenoxy) is 2. The van der Waals surface area contributed by atoms with Crippen LogP contribution in [-0.2, 0) is 32.7 Å².